The molecule has 31 heavy (non-hydrogen) atoms. The van der Waals surface area contributed by atoms with Crippen LogP contribution in [-0.4, -0.2) is 64.8 Å². The highest BCUT2D eigenvalue weighted by Gasteiger charge is 2.27. The standard InChI is InChI=1S/C25H39N5O/c1-6-24(31)29(14-13-20(3)4)19-23-21(5)26-30(22-11-9-8-10-12-22)25(23)28-17-15-27(7-2)16-18-28/h8-12,20H,6-7,13-19H2,1-5H3. The van der Waals surface area contributed by atoms with Crippen molar-refractivity contribution in [2.24, 2.45) is 5.92 Å². The first kappa shape index (κ1) is 23.3. The molecular weight excluding hydrogens is 386 g/mol. The number of nitrogens with zero attached hydrogens (tertiary/aromatic N) is 5. The normalized spacial score (nSPS) is 15.0. The monoisotopic (exact) mass is 425 g/mol. The van der Waals surface area contributed by atoms with Gasteiger partial charge >= 0.3 is 0 Å². The molecule has 170 valence electrons. The van der Waals surface area contributed by atoms with E-state index in [2.05, 4.69) is 66.4 Å². The van der Waals surface area contributed by atoms with Crippen molar-refractivity contribution < 1.29 is 4.79 Å². The summed E-state index contributed by atoms with van der Waals surface area (Å²) in [4.78, 5) is 19.7. The van der Waals surface area contributed by atoms with Crippen LogP contribution in [0.3, 0.4) is 0 Å². The minimum atomic E-state index is 0.217. The summed E-state index contributed by atoms with van der Waals surface area (Å²) in [6.07, 6.45) is 1.55. The Hall–Kier alpha value is -2.34. The average molecular weight is 426 g/mol. The first-order valence-corrected chi connectivity index (χ1v) is 11.8. The number of carbonyl (C=O) groups excluding carboxylic acids is 1. The highest BCUT2D eigenvalue weighted by molar-refractivity contribution is 5.76. The Morgan fingerprint density at radius 1 is 1.10 bits per heavy atom. The molecule has 0 unspecified atom stereocenters. The second-order valence-corrected chi connectivity index (χ2v) is 8.91. The van der Waals surface area contributed by atoms with E-state index in [-0.39, 0.29) is 5.91 Å². The third kappa shape index (κ3) is 5.67. The molecule has 0 atom stereocenters. The van der Waals surface area contributed by atoms with E-state index in [0.29, 0.717) is 18.9 Å². The molecule has 1 aromatic carbocycles. The lowest BCUT2D eigenvalue weighted by atomic mass is 10.1. The highest BCUT2D eigenvalue weighted by atomic mass is 16.2. The smallest absolute Gasteiger partial charge is 0.222 e. The quantitative estimate of drug-likeness (QED) is 0.607. The van der Waals surface area contributed by atoms with Crippen molar-refractivity contribution in [3.8, 4) is 5.69 Å². The summed E-state index contributed by atoms with van der Waals surface area (Å²) in [6.45, 7) is 17.3. The number of amides is 1. The van der Waals surface area contributed by atoms with Crippen molar-refractivity contribution in [1.82, 2.24) is 19.6 Å². The van der Waals surface area contributed by atoms with E-state index >= 15 is 0 Å². The summed E-state index contributed by atoms with van der Waals surface area (Å²) in [5.41, 5.74) is 3.26. The molecule has 2 heterocycles. The summed E-state index contributed by atoms with van der Waals surface area (Å²) in [5.74, 6) is 1.94. The lowest BCUT2D eigenvalue weighted by Crippen LogP contribution is -2.47. The van der Waals surface area contributed by atoms with E-state index in [9.17, 15) is 4.79 Å². The molecule has 2 aromatic rings. The third-order valence-corrected chi connectivity index (χ3v) is 6.26. The molecule has 6 heteroatoms. The molecule has 6 nitrogen and oxygen atoms in total. The van der Waals surface area contributed by atoms with E-state index in [0.717, 1.165) is 62.9 Å². The predicted molar refractivity (Wildman–Crippen MR) is 128 cm³/mol. The van der Waals surface area contributed by atoms with Gasteiger partial charge in [0.1, 0.15) is 5.82 Å². The first-order chi connectivity index (χ1) is 14.9. The molecule has 1 saturated heterocycles. The molecule has 1 aromatic heterocycles. The molecule has 1 aliphatic heterocycles. The van der Waals surface area contributed by atoms with Crippen molar-refractivity contribution in [2.45, 2.75) is 54.0 Å². The van der Waals surface area contributed by atoms with Gasteiger partial charge in [0.2, 0.25) is 5.91 Å². The van der Waals surface area contributed by atoms with Crippen LogP contribution in [0.4, 0.5) is 5.82 Å². The van der Waals surface area contributed by atoms with Crippen LogP contribution in [0.25, 0.3) is 5.69 Å². The van der Waals surface area contributed by atoms with Crippen molar-refractivity contribution in [3.05, 3.63) is 41.6 Å². The Kier molecular flexibility index (Phi) is 8.13. The topological polar surface area (TPSA) is 44.6 Å². The van der Waals surface area contributed by atoms with E-state index < -0.39 is 0 Å². The fraction of sp³-hybridized carbons (Fsp3) is 0.600. The Bertz CT molecular complexity index is 837. The van der Waals surface area contributed by atoms with Gasteiger partial charge in [0.05, 0.1) is 17.9 Å². The minimum absolute atomic E-state index is 0.217. The van der Waals surface area contributed by atoms with Crippen LogP contribution < -0.4 is 4.90 Å². The summed E-state index contributed by atoms with van der Waals surface area (Å²) < 4.78 is 2.09. The maximum atomic E-state index is 12.8. The van der Waals surface area contributed by atoms with Crippen LogP contribution in [0.2, 0.25) is 0 Å². The van der Waals surface area contributed by atoms with Crippen molar-refractivity contribution in [1.29, 1.82) is 0 Å². The van der Waals surface area contributed by atoms with E-state index in [1.807, 2.05) is 17.9 Å². The largest absolute Gasteiger partial charge is 0.354 e. The molecule has 0 aliphatic carbocycles. The van der Waals surface area contributed by atoms with Crippen molar-refractivity contribution >= 4 is 11.7 Å². The fourth-order valence-corrected chi connectivity index (χ4v) is 4.20. The molecule has 0 N–H and O–H groups in total. The van der Waals surface area contributed by atoms with Crippen LogP contribution in [0, 0.1) is 12.8 Å². The second kappa shape index (κ2) is 10.8. The lowest BCUT2D eigenvalue weighted by Gasteiger charge is -2.36. The van der Waals surface area contributed by atoms with Crippen LogP contribution in [0.5, 0.6) is 0 Å². The summed E-state index contributed by atoms with van der Waals surface area (Å²) >= 11 is 0. The van der Waals surface area contributed by atoms with Crippen LogP contribution in [-0.2, 0) is 11.3 Å². The van der Waals surface area contributed by atoms with Gasteiger partial charge in [-0.05, 0) is 37.9 Å². The molecule has 0 bridgehead atoms. The van der Waals surface area contributed by atoms with Gasteiger partial charge in [-0.25, -0.2) is 4.68 Å². The first-order valence-electron chi connectivity index (χ1n) is 11.8. The number of hydrogen-bond donors (Lipinski definition) is 0. The van der Waals surface area contributed by atoms with Crippen LogP contribution in [0.15, 0.2) is 30.3 Å². The fourth-order valence-electron chi connectivity index (χ4n) is 4.20. The Morgan fingerprint density at radius 3 is 2.35 bits per heavy atom. The van der Waals surface area contributed by atoms with Gasteiger partial charge in [-0.3, -0.25) is 4.79 Å². The summed E-state index contributed by atoms with van der Waals surface area (Å²) in [5, 5.41) is 4.95. The Balaban J connectivity index is 1.98. The molecule has 0 radical (unpaired) electrons. The number of benzene rings is 1. The average Bonchev–Trinajstić information content (AvgIpc) is 3.12. The molecule has 1 fully saturated rings. The predicted octanol–water partition coefficient (Wildman–Crippen LogP) is 4.11. The number of para-hydroxylation sites is 1. The molecular formula is C25H39N5O. The number of piperazine rings is 1. The Morgan fingerprint density at radius 2 is 1.77 bits per heavy atom. The molecule has 1 amide bonds. The molecule has 1 aliphatic rings. The van der Waals surface area contributed by atoms with E-state index in [4.69, 9.17) is 5.10 Å². The number of carbonyl (C=O) groups is 1. The SMILES string of the molecule is CCC(=O)N(CCC(C)C)Cc1c(C)nn(-c2ccccc2)c1N1CCN(CC)CC1. The third-order valence-electron chi connectivity index (χ3n) is 6.26. The number of aryl methyl sites for hydroxylation is 1. The van der Waals surface area contributed by atoms with E-state index in [1.165, 1.54) is 5.56 Å². The van der Waals surface area contributed by atoms with Gasteiger partial charge in [0, 0.05) is 44.7 Å². The van der Waals surface area contributed by atoms with Gasteiger partial charge in [-0.2, -0.15) is 5.10 Å². The van der Waals surface area contributed by atoms with Crippen LogP contribution >= 0.6 is 0 Å². The number of rotatable bonds is 9. The number of hydrogen-bond acceptors (Lipinski definition) is 4. The van der Waals surface area contributed by atoms with Gasteiger partial charge in [0.25, 0.3) is 0 Å². The lowest BCUT2D eigenvalue weighted by molar-refractivity contribution is -0.131. The molecule has 3 rings (SSSR count). The molecule has 0 spiro atoms. The number of aromatic nitrogens is 2. The van der Waals surface area contributed by atoms with Crippen molar-refractivity contribution in [2.75, 3.05) is 44.2 Å². The van der Waals surface area contributed by atoms with Gasteiger partial charge < -0.3 is 14.7 Å². The minimum Gasteiger partial charge on any atom is -0.354 e. The number of likely N-dealkylation sites (N-methyl/N-ethyl adjacent to an activating group) is 1. The summed E-state index contributed by atoms with van der Waals surface area (Å²) in [6, 6.07) is 10.4. The summed E-state index contributed by atoms with van der Waals surface area (Å²) in [7, 11) is 0. The van der Waals surface area contributed by atoms with Crippen molar-refractivity contribution in [3.63, 3.8) is 0 Å². The zero-order valence-electron chi connectivity index (χ0n) is 20.0. The van der Waals surface area contributed by atoms with Crippen LogP contribution in [0.1, 0.15) is 51.8 Å². The number of anilines is 1. The zero-order valence-corrected chi connectivity index (χ0v) is 20.0. The molecule has 0 saturated carbocycles. The second-order valence-electron chi connectivity index (χ2n) is 8.91. The van der Waals surface area contributed by atoms with E-state index in [1.54, 1.807) is 0 Å². The maximum Gasteiger partial charge on any atom is 0.222 e. The maximum absolute atomic E-state index is 12.8. The van der Waals surface area contributed by atoms with Gasteiger partial charge in [-0.15, -0.1) is 0 Å². The zero-order chi connectivity index (χ0) is 22.4. The van der Waals surface area contributed by atoms with Gasteiger partial charge in [-0.1, -0.05) is 45.9 Å². The Labute approximate surface area is 187 Å². The highest BCUT2D eigenvalue weighted by Crippen LogP contribution is 2.30. The van der Waals surface area contributed by atoms with Gasteiger partial charge in [0.15, 0.2) is 0 Å².